The van der Waals surface area contributed by atoms with Gasteiger partial charge in [-0.3, -0.25) is 4.74 Å². The van der Waals surface area contributed by atoms with Crippen LogP contribution in [0.1, 0.15) is 50.3 Å². The van der Waals surface area contributed by atoms with Crippen LogP contribution in [0.15, 0.2) is 4.42 Å². The first-order valence-electron chi connectivity index (χ1n) is 6.66. The van der Waals surface area contributed by atoms with Crippen LogP contribution in [0.2, 0.25) is 0 Å². The van der Waals surface area contributed by atoms with Crippen LogP contribution in [-0.4, -0.2) is 28.7 Å². The number of aromatic nitrogens is 2. The second-order valence-electron chi connectivity index (χ2n) is 5.26. The van der Waals surface area contributed by atoms with E-state index in [4.69, 9.17) is 10.2 Å². The Balaban J connectivity index is 1.74. The largest absolute Gasteiger partial charge is 0.522 e. The van der Waals surface area contributed by atoms with E-state index in [1.54, 1.807) is 0 Å². The van der Waals surface area contributed by atoms with Crippen LogP contribution in [0.5, 0.6) is 0 Å². The molecule has 0 unspecified atom stereocenters. The lowest BCUT2D eigenvalue weighted by Gasteiger charge is -2.32. The highest BCUT2D eigenvalue weighted by molar-refractivity contribution is 5.00. The molecular formula is C12H18F3N3O2. The fourth-order valence-corrected chi connectivity index (χ4v) is 2.16. The van der Waals surface area contributed by atoms with Crippen molar-refractivity contribution in [2.45, 2.75) is 63.5 Å². The van der Waals surface area contributed by atoms with Gasteiger partial charge in [-0.2, -0.15) is 0 Å². The summed E-state index contributed by atoms with van der Waals surface area (Å²) < 4.78 is 45.3. The highest BCUT2D eigenvalue weighted by Gasteiger charge is 2.42. The molecule has 1 aromatic heterocycles. The number of nitrogens with zero attached hydrogens (tertiary/aromatic N) is 2. The van der Waals surface area contributed by atoms with Gasteiger partial charge in [-0.25, -0.2) is 0 Å². The quantitative estimate of drug-likeness (QED) is 0.872. The summed E-state index contributed by atoms with van der Waals surface area (Å²) in [5.74, 6) is 0.792. The second-order valence-corrected chi connectivity index (χ2v) is 5.26. The first-order valence-corrected chi connectivity index (χ1v) is 6.66. The van der Waals surface area contributed by atoms with Gasteiger partial charge in [0.05, 0.1) is 6.10 Å². The summed E-state index contributed by atoms with van der Waals surface area (Å²) in [7, 11) is 0. The van der Waals surface area contributed by atoms with Crippen LogP contribution in [0.3, 0.4) is 0 Å². The zero-order valence-electron chi connectivity index (χ0n) is 11.2. The zero-order valence-corrected chi connectivity index (χ0v) is 11.2. The molecule has 0 spiro atoms. The van der Waals surface area contributed by atoms with Crippen LogP contribution < -0.4 is 5.73 Å². The predicted octanol–water partition coefficient (Wildman–Crippen LogP) is 2.52. The average molecular weight is 293 g/mol. The highest BCUT2D eigenvalue weighted by Crippen LogP contribution is 2.40. The lowest BCUT2D eigenvalue weighted by atomic mass is 9.82. The van der Waals surface area contributed by atoms with Crippen molar-refractivity contribution in [3.8, 4) is 0 Å². The number of rotatable bonds is 6. The molecule has 0 bridgehead atoms. The Morgan fingerprint density at radius 3 is 2.70 bits per heavy atom. The van der Waals surface area contributed by atoms with Crippen molar-refractivity contribution in [1.82, 2.24) is 10.2 Å². The van der Waals surface area contributed by atoms with E-state index >= 15 is 0 Å². The Hall–Kier alpha value is -1.15. The summed E-state index contributed by atoms with van der Waals surface area (Å²) in [6.07, 6.45) is -2.49. The molecule has 1 aromatic rings. The number of alkyl halides is 3. The van der Waals surface area contributed by atoms with Gasteiger partial charge in [-0.15, -0.1) is 23.4 Å². The maximum Gasteiger partial charge on any atom is 0.522 e. The third kappa shape index (κ3) is 4.45. The molecule has 20 heavy (non-hydrogen) atoms. The van der Waals surface area contributed by atoms with Gasteiger partial charge in [-0.1, -0.05) is 0 Å². The van der Waals surface area contributed by atoms with E-state index in [-0.39, 0.29) is 24.8 Å². The van der Waals surface area contributed by atoms with E-state index in [1.807, 2.05) is 6.92 Å². The minimum atomic E-state index is -4.57. The van der Waals surface area contributed by atoms with E-state index in [0.717, 1.165) is 12.8 Å². The normalized spacial score (nSPS) is 24.4. The molecule has 5 nitrogen and oxygen atoms in total. The van der Waals surface area contributed by atoms with Gasteiger partial charge in [0.25, 0.3) is 0 Å². The van der Waals surface area contributed by atoms with Crippen molar-refractivity contribution < 1.29 is 22.3 Å². The van der Waals surface area contributed by atoms with Gasteiger partial charge in [0.15, 0.2) is 0 Å². The molecule has 2 N–H and O–H groups in total. The van der Waals surface area contributed by atoms with Crippen LogP contribution >= 0.6 is 0 Å². The number of hydrogen-bond donors (Lipinski definition) is 1. The molecule has 0 aliphatic heterocycles. The molecular weight excluding hydrogens is 275 g/mol. The molecule has 0 amide bonds. The Morgan fingerprint density at radius 2 is 2.10 bits per heavy atom. The molecule has 1 heterocycles. The molecule has 0 saturated heterocycles. The maximum atomic E-state index is 12.0. The minimum absolute atomic E-state index is 0.128. The third-order valence-corrected chi connectivity index (χ3v) is 3.28. The standard InChI is InChI=1S/C12H18F3N3O2/c1-7(16)3-2-4-10-17-18-11(19-10)8-5-9(6-8)20-12(13,14)15/h7-9H,2-6,16H2,1H3/t7-,8?,9?/m1/s1. The summed E-state index contributed by atoms with van der Waals surface area (Å²) in [6, 6.07) is 0.129. The molecule has 1 saturated carbocycles. The zero-order chi connectivity index (χ0) is 14.8. The molecule has 1 fully saturated rings. The van der Waals surface area contributed by atoms with Crippen molar-refractivity contribution in [2.24, 2.45) is 5.73 Å². The fourth-order valence-electron chi connectivity index (χ4n) is 2.16. The summed E-state index contributed by atoms with van der Waals surface area (Å²) >= 11 is 0. The first-order chi connectivity index (χ1) is 9.33. The molecule has 0 radical (unpaired) electrons. The van der Waals surface area contributed by atoms with Crippen molar-refractivity contribution in [2.75, 3.05) is 0 Å². The number of hydrogen-bond acceptors (Lipinski definition) is 5. The Morgan fingerprint density at radius 1 is 1.40 bits per heavy atom. The molecule has 2 rings (SSSR count). The van der Waals surface area contributed by atoms with Crippen LogP contribution in [0.25, 0.3) is 0 Å². The summed E-state index contributed by atoms with van der Waals surface area (Å²) in [4.78, 5) is 0. The molecule has 114 valence electrons. The predicted molar refractivity (Wildman–Crippen MR) is 63.8 cm³/mol. The molecule has 1 aliphatic carbocycles. The SMILES string of the molecule is C[C@@H](N)CCCc1nnc(C2CC(OC(F)(F)F)C2)o1. The third-order valence-electron chi connectivity index (χ3n) is 3.28. The first kappa shape index (κ1) is 15.2. The molecule has 1 atom stereocenters. The number of halogens is 3. The van der Waals surface area contributed by atoms with Gasteiger partial charge in [0, 0.05) is 18.4 Å². The van der Waals surface area contributed by atoms with Crippen molar-refractivity contribution in [3.05, 3.63) is 11.8 Å². The fraction of sp³-hybridized carbons (Fsp3) is 0.833. The summed E-state index contributed by atoms with van der Waals surface area (Å²) in [6.45, 7) is 1.92. The van der Waals surface area contributed by atoms with Gasteiger partial charge < -0.3 is 10.2 Å². The smallest absolute Gasteiger partial charge is 0.425 e. The highest BCUT2D eigenvalue weighted by atomic mass is 19.4. The average Bonchev–Trinajstić information content (AvgIpc) is 2.69. The van der Waals surface area contributed by atoms with Crippen LogP contribution in [0, 0.1) is 0 Å². The molecule has 0 aromatic carbocycles. The van der Waals surface area contributed by atoms with Crippen molar-refractivity contribution in [3.63, 3.8) is 0 Å². The van der Waals surface area contributed by atoms with E-state index in [9.17, 15) is 13.2 Å². The van der Waals surface area contributed by atoms with Gasteiger partial charge in [0.1, 0.15) is 0 Å². The van der Waals surface area contributed by atoms with Crippen molar-refractivity contribution in [1.29, 1.82) is 0 Å². The second kappa shape index (κ2) is 6.09. The molecule has 1 aliphatic rings. The maximum absolute atomic E-state index is 12.0. The minimum Gasteiger partial charge on any atom is -0.425 e. The van der Waals surface area contributed by atoms with Crippen molar-refractivity contribution >= 4 is 0 Å². The summed E-state index contributed by atoms with van der Waals surface area (Å²) in [5, 5.41) is 7.78. The van der Waals surface area contributed by atoms with E-state index < -0.39 is 12.5 Å². The monoisotopic (exact) mass is 293 g/mol. The Bertz CT molecular complexity index is 428. The van der Waals surface area contributed by atoms with E-state index in [1.165, 1.54) is 0 Å². The Kier molecular flexibility index (Phi) is 4.64. The number of nitrogens with two attached hydrogens (primary N) is 1. The van der Waals surface area contributed by atoms with Crippen LogP contribution in [0.4, 0.5) is 13.2 Å². The topological polar surface area (TPSA) is 74.2 Å². The van der Waals surface area contributed by atoms with Gasteiger partial charge >= 0.3 is 6.36 Å². The lowest BCUT2D eigenvalue weighted by Crippen LogP contribution is -2.34. The number of ether oxygens (including phenoxy) is 1. The van der Waals surface area contributed by atoms with Crippen LogP contribution in [-0.2, 0) is 11.2 Å². The Labute approximate surface area is 114 Å². The summed E-state index contributed by atoms with van der Waals surface area (Å²) in [5.41, 5.74) is 5.63. The van der Waals surface area contributed by atoms with Gasteiger partial charge in [0.2, 0.25) is 11.8 Å². The van der Waals surface area contributed by atoms with E-state index in [2.05, 4.69) is 14.9 Å². The number of aryl methyl sites for hydroxylation is 1. The lowest BCUT2D eigenvalue weighted by molar-refractivity contribution is -0.352. The van der Waals surface area contributed by atoms with E-state index in [0.29, 0.717) is 18.2 Å². The van der Waals surface area contributed by atoms with Gasteiger partial charge in [-0.05, 0) is 32.6 Å². The molecule has 8 heteroatoms.